The Kier molecular flexibility index (Phi) is 4.14. The molecular formula is C25H18ClNO. The number of aromatic nitrogens is 1. The molecule has 2 heterocycles. The van der Waals surface area contributed by atoms with Crippen LogP contribution in [0.2, 0.25) is 5.02 Å². The molecule has 0 saturated carbocycles. The molecule has 0 bridgehead atoms. The predicted octanol–water partition coefficient (Wildman–Crippen LogP) is 6.94. The van der Waals surface area contributed by atoms with Crippen LogP contribution in [0.15, 0.2) is 78.9 Å². The first kappa shape index (κ1) is 17.0. The summed E-state index contributed by atoms with van der Waals surface area (Å²) >= 11 is 6.09. The fourth-order valence-electron chi connectivity index (χ4n) is 3.64. The van der Waals surface area contributed by atoms with Crippen LogP contribution < -0.4 is 4.74 Å². The molecule has 0 amide bonds. The van der Waals surface area contributed by atoms with Crippen molar-refractivity contribution in [2.24, 2.45) is 0 Å². The standard InChI is InChI=1S/C25H18ClNO/c1-16-6-8-17(9-7-16)21-14-23(18-10-12-19(26)13-11-18)27-25-20-4-2-3-5-24(20)28-15-22(21)25/h2-14H,15H2,1H3. The Hall–Kier alpha value is -3.10. The summed E-state index contributed by atoms with van der Waals surface area (Å²) in [6, 6.07) is 26.7. The van der Waals surface area contributed by atoms with Gasteiger partial charge in [-0.25, -0.2) is 4.98 Å². The fourth-order valence-corrected chi connectivity index (χ4v) is 3.76. The monoisotopic (exact) mass is 383 g/mol. The Morgan fingerprint density at radius 1 is 0.821 bits per heavy atom. The molecule has 0 N–H and O–H groups in total. The summed E-state index contributed by atoms with van der Waals surface area (Å²) in [5.41, 5.74) is 8.70. The molecule has 0 aliphatic carbocycles. The molecule has 2 nitrogen and oxygen atoms in total. The minimum absolute atomic E-state index is 0.517. The second kappa shape index (κ2) is 6.81. The third-order valence-electron chi connectivity index (χ3n) is 5.14. The highest BCUT2D eigenvalue weighted by Crippen LogP contribution is 2.42. The number of aryl methyl sites for hydroxylation is 1. The van der Waals surface area contributed by atoms with Crippen LogP contribution in [0.25, 0.3) is 33.6 Å². The van der Waals surface area contributed by atoms with E-state index in [1.54, 1.807) is 0 Å². The largest absolute Gasteiger partial charge is 0.488 e. The highest BCUT2D eigenvalue weighted by Gasteiger charge is 2.23. The van der Waals surface area contributed by atoms with Crippen LogP contribution in [0, 0.1) is 6.92 Å². The summed E-state index contributed by atoms with van der Waals surface area (Å²) in [5, 5.41) is 0.721. The van der Waals surface area contributed by atoms with Crippen LogP contribution in [-0.2, 0) is 6.61 Å². The van der Waals surface area contributed by atoms with Crippen molar-refractivity contribution in [1.82, 2.24) is 4.98 Å². The van der Waals surface area contributed by atoms with Crippen LogP contribution in [0.1, 0.15) is 11.1 Å². The van der Waals surface area contributed by atoms with Gasteiger partial charge in [-0.05, 0) is 48.4 Å². The van der Waals surface area contributed by atoms with Gasteiger partial charge in [0.25, 0.3) is 0 Å². The molecule has 5 rings (SSSR count). The van der Waals surface area contributed by atoms with Gasteiger partial charge in [-0.1, -0.05) is 65.7 Å². The first-order valence-electron chi connectivity index (χ1n) is 9.28. The van der Waals surface area contributed by atoms with Crippen molar-refractivity contribution in [3.63, 3.8) is 0 Å². The molecule has 28 heavy (non-hydrogen) atoms. The number of benzene rings is 3. The number of pyridine rings is 1. The predicted molar refractivity (Wildman–Crippen MR) is 115 cm³/mol. The maximum absolute atomic E-state index is 6.09. The lowest BCUT2D eigenvalue weighted by atomic mass is 9.92. The average Bonchev–Trinajstić information content (AvgIpc) is 2.74. The van der Waals surface area contributed by atoms with E-state index in [4.69, 9.17) is 21.3 Å². The van der Waals surface area contributed by atoms with Gasteiger partial charge in [0.1, 0.15) is 12.4 Å². The van der Waals surface area contributed by atoms with E-state index in [2.05, 4.69) is 43.3 Å². The van der Waals surface area contributed by atoms with Crippen molar-refractivity contribution in [3.8, 4) is 39.4 Å². The smallest absolute Gasteiger partial charge is 0.129 e. The third kappa shape index (κ3) is 2.96. The Labute approximate surface area is 169 Å². The number of hydrogen-bond donors (Lipinski definition) is 0. The molecule has 0 atom stereocenters. The van der Waals surface area contributed by atoms with E-state index >= 15 is 0 Å². The highest BCUT2D eigenvalue weighted by atomic mass is 35.5. The normalized spacial score (nSPS) is 12.1. The van der Waals surface area contributed by atoms with Crippen LogP contribution >= 0.6 is 11.6 Å². The van der Waals surface area contributed by atoms with Crippen LogP contribution in [0.4, 0.5) is 0 Å². The van der Waals surface area contributed by atoms with E-state index in [9.17, 15) is 0 Å². The zero-order valence-electron chi connectivity index (χ0n) is 15.4. The zero-order chi connectivity index (χ0) is 19.1. The summed E-state index contributed by atoms with van der Waals surface area (Å²) in [5.74, 6) is 0.880. The number of hydrogen-bond acceptors (Lipinski definition) is 2. The zero-order valence-corrected chi connectivity index (χ0v) is 16.2. The Morgan fingerprint density at radius 2 is 1.54 bits per heavy atom. The summed E-state index contributed by atoms with van der Waals surface area (Å²) in [6.45, 7) is 2.62. The molecule has 1 aliphatic rings. The number of para-hydroxylation sites is 1. The summed E-state index contributed by atoms with van der Waals surface area (Å²) in [6.07, 6.45) is 0. The molecule has 4 aromatic rings. The number of halogens is 1. The Balaban J connectivity index is 1.78. The number of ether oxygens (including phenoxy) is 1. The highest BCUT2D eigenvalue weighted by molar-refractivity contribution is 6.30. The lowest BCUT2D eigenvalue weighted by Crippen LogP contribution is -2.09. The molecule has 0 spiro atoms. The molecule has 3 heteroatoms. The molecular weight excluding hydrogens is 366 g/mol. The van der Waals surface area contributed by atoms with Gasteiger partial charge in [0.2, 0.25) is 0 Å². The maximum atomic E-state index is 6.09. The summed E-state index contributed by atoms with van der Waals surface area (Å²) in [7, 11) is 0. The van der Waals surface area contributed by atoms with E-state index in [0.717, 1.165) is 44.4 Å². The van der Waals surface area contributed by atoms with Gasteiger partial charge < -0.3 is 4.74 Å². The molecule has 1 aromatic heterocycles. The van der Waals surface area contributed by atoms with Crippen LogP contribution in [0.5, 0.6) is 5.75 Å². The molecule has 0 saturated heterocycles. The molecule has 0 unspecified atom stereocenters. The summed E-state index contributed by atoms with van der Waals surface area (Å²) in [4.78, 5) is 5.04. The second-order valence-corrected chi connectivity index (χ2v) is 7.48. The van der Waals surface area contributed by atoms with Crippen molar-refractivity contribution in [2.45, 2.75) is 13.5 Å². The molecule has 0 radical (unpaired) electrons. The van der Waals surface area contributed by atoms with Gasteiger partial charge in [-0.15, -0.1) is 0 Å². The topological polar surface area (TPSA) is 22.1 Å². The number of rotatable bonds is 2. The van der Waals surface area contributed by atoms with Gasteiger partial charge in [-0.2, -0.15) is 0 Å². The lowest BCUT2D eigenvalue weighted by Gasteiger charge is -2.23. The Morgan fingerprint density at radius 3 is 2.32 bits per heavy atom. The SMILES string of the molecule is Cc1ccc(-c2cc(-c3ccc(Cl)cc3)nc3c2COc2ccccc2-3)cc1. The third-order valence-corrected chi connectivity index (χ3v) is 5.39. The molecule has 1 aliphatic heterocycles. The first-order valence-corrected chi connectivity index (χ1v) is 9.66. The van der Waals surface area contributed by atoms with E-state index in [0.29, 0.717) is 6.61 Å². The second-order valence-electron chi connectivity index (χ2n) is 7.04. The van der Waals surface area contributed by atoms with Crippen molar-refractivity contribution in [2.75, 3.05) is 0 Å². The minimum Gasteiger partial charge on any atom is -0.488 e. The summed E-state index contributed by atoms with van der Waals surface area (Å²) < 4.78 is 6.04. The van der Waals surface area contributed by atoms with E-state index in [-0.39, 0.29) is 0 Å². The fraction of sp³-hybridized carbons (Fsp3) is 0.0800. The quantitative estimate of drug-likeness (QED) is 0.374. The van der Waals surface area contributed by atoms with Crippen molar-refractivity contribution >= 4 is 11.6 Å². The van der Waals surface area contributed by atoms with E-state index < -0.39 is 0 Å². The first-order chi connectivity index (χ1) is 13.7. The number of nitrogens with zero attached hydrogens (tertiary/aromatic N) is 1. The van der Waals surface area contributed by atoms with E-state index in [1.165, 1.54) is 11.1 Å². The lowest BCUT2D eigenvalue weighted by molar-refractivity contribution is 0.302. The molecule has 3 aromatic carbocycles. The molecule has 0 fully saturated rings. The number of fused-ring (bicyclic) bond motifs is 3. The average molecular weight is 384 g/mol. The van der Waals surface area contributed by atoms with Crippen molar-refractivity contribution in [3.05, 3.63) is 95.0 Å². The molecule has 136 valence electrons. The van der Waals surface area contributed by atoms with Crippen molar-refractivity contribution < 1.29 is 4.74 Å². The van der Waals surface area contributed by atoms with Gasteiger partial charge in [0.05, 0.1) is 11.4 Å². The Bertz CT molecular complexity index is 1160. The van der Waals surface area contributed by atoms with Gasteiger partial charge in [0.15, 0.2) is 0 Å². The van der Waals surface area contributed by atoms with Gasteiger partial charge >= 0.3 is 0 Å². The van der Waals surface area contributed by atoms with Gasteiger partial charge in [0, 0.05) is 21.7 Å². The van der Waals surface area contributed by atoms with Crippen LogP contribution in [0.3, 0.4) is 0 Å². The van der Waals surface area contributed by atoms with Crippen molar-refractivity contribution in [1.29, 1.82) is 0 Å². The van der Waals surface area contributed by atoms with Crippen LogP contribution in [-0.4, -0.2) is 4.98 Å². The van der Waals surface area contributed by atoms with E-state index in [1.807, 2.05) is 42.5 Å². The minimum atomic E-state index is 0.517. The van der Waals surface area contributed by atoms with Gasteiger partial charge in [-0.3, -0.25) is 0 Å². The maximum Gasteiger partial charge on any atom is 0.129 e.